The molecule has 0 fully saturated rings. The highest BCUT2D eigenvalue weighted by Crippen LogP contribution is 2.30. The van der Waals surface area contributed by atoms with Crippen molar-refractivity contribution in [2.45, 2.75) is 6.43 Å². The Bertz CT molecular complexity index is 396. The number of carbonyl (C=O) groups is 1. The maximum atomic E-state index is 12.3. The topological polar surface area (TPSA) is 85.4 Å². The minimum atomic E-state index is -3.02. The van der Waals surface area contributed by atoms with Crippen LogP contribution in [0.5, 0.6) is 5.75 Å². The average Bonchev–Trinajstić information content (AvgIpc) is 2.19. The van der Waals surface area contributed by atoms with Crippen molar-refractivity contribution >= 4 is 11.8 Å². The molecule has 0 aromatic carbocycles. The molecule has 0 saturated carbocycles. The molecule has 5 nitrogen and oxygen atoms in total. The van der Waals surface area contributed by atoms with Crippen LogP contribution >= 0.6 is 0 Å². The molecule has 0 bridgehead atoms. The molecule has 0 atom stereocenters. The summed E-state index contributed by atoms with van der Waals surface area (Å²) in [5.74, 6) is -2.15. The van der Waals surface area contributed by atoms with E-state index in [0.29, 0.717) is 0 Å². The summed E-state index contributed by atoms with van der Waals surface area (Å²) in [5, 5.41) is 9.29. The third kappa shape index (κ3) is 2.12. The van der Waals surface area contributed by atoms with Gasteiger partial charge in [-0.15, -0.1) is 0 Å². The maximum absolute atomic E-state index is 12.3. The van der Waals surface area contributed by atoms with Crippen molar-refractivity contribution in [2.24, 2.45) is 0 Å². The fourth-order valence-corrected chi connectivity index (χ4v) is 0.996. The number of aromatic hydroxyl groups is 1. The van der Waals surface area contributed by atoms with Crippen molar-refractivity contribution in [3.63, 3.8) is 0 Å². The zero-order valence-electron chi connectivity index (χ0n) is 7.70. The van der Waals surface area contributed by atoms with E-state index in [0.717, 1.165) is 13.2 Å². The van der Waals surface area contributed by atoms with Gasteiger partial charge < -0.3 is 15.6 Å². The van der Waals surface area contributed by atoms with E-state index in [1.807, 2.05) is 0 Å². The van der Waals surface area contributed by atoms with Gasteiger partial charge in [-0.2, -0.15) is 0 Å². The molecular formula is C8H8F2N2O3. The van der Waals surface area contributed by atoms with Crippen LogP contribution in [0.2, 0.25) is 0 Å². The third-order valence-corrected chi connectivity index (χ3v) is 1.65. The maximum Gasteiger partial charge on any atom is 0.341 e. The van der Waals surface area contributed by atoms with Crippen molar-refractivity contribution in [1.82, 2.24) is 4.98 Å². The number of ether oxygens (including phenoxy) is 1. The van der Waals surface area contributed by atoms with Gasteiger partial charge in [0.2, 0.25) is 0 Å². The van der Waals surface area contributed by atoms with Crippen molar-refractivity contribution in [1.29, 1.82) is 0 Å². The first kappa shape index (κ1) is 11.2. The summed E-state index contributed by atoms with van der Waals surface area (Å²) in [6, 6.07) is 0.965. The van der Waals surface area contributed by atoms with Crippen molar-refractivity contribution < 1.29 is 23.4 Å². The molecule has 3 N–H and O–H groups in total. The number of anilines is 1. The van der Waals surface area contributed by atoms with Crippen LogP contribution in [-0.4, -0.2) is 23.2 Å². The van der Waals surface area contributed by atoms with Crippen LogP contribution in [0.1, 0.15) is 22.5 Å². The molecule has 0 unspecified atom stereocenters. The number of rotatable bonds is 2. The second kappa shape index (κ2) is 4.07. The summed E-state index contributed by atoms with van der Waals surface area (Å²) >= 11 is 0. The number of halogens is 2. The van der Waals surface area contributed by atoms with Gasteiger partial charge in [-0.1, -0.05) is 0 Å². The molecule has 0 aliphatic heterocycles. The Labute approximate surface area is 83.5 Å². The SMILES string of the molecule is COC(=O)c1cc(N)nc(C(F)F)c1O. The predicted octanol–water partition coefficient (Wildman–Crippen LogP) is 1.09. The number of methoxy groups -OCH3 is 1. The van der Waals surface area contributed by atoms with Gasteiger partial charge >= 0.3 is 5.97 Å². The highest BCUT2D eigenvalue weighted by atomic mass is 19.3. The fraction of sp³-hybridized carbons (Fsp3) is 0.250. The molecule has 0 saturated heterocycles. The standard InChI is InChI=1S/C8H8F2N2O3/c1-15-8(14)3-2-4(11)12-5(6(3)13)7(9)10/h2,7,13H,1H3,(H2,11,12). The molecule has 1 aromatic rings. The number of hydrogen-bond acceptors (Lipinski definition) is 5. The summed E-state index contributed by atoms with van der Waals surface area (Å²) in [7, 11) is 1.06. The van der Waals surface area contributed by atoms with Gasteiger partial charge in [0.15, 0.2) is 11.4 Å². The first-order valence-electron chi connectivity index (χ1n) is 3.83. The number of nitrogen functional groups attached to an aromatic ring is 1. The van der Waals surface area contributed by atoms with Crippen molar-refractivity contribution in [3.8, 4) is 5.75 Å². The lowest BCUT2D eigenvalue weighted by Gasteiger charge is -2.08. The number of nitrogens with two attached hydrogens (primary N) is 1. The molecule has 0 spiro atoms. The molecular weight excluding hydrogens is 210 g/mol. The van der Waals surface area contributed by atoms with E-state index in [1.54, 1.807) is 0 Å². The van der Waals surface area contributed by atoms with E-state index in [-0.39, 0.29) is 5.82 Å². The van der Waals surface area contributed by atoms with Crippen LogP contribution in [-0.2, 0) is 4.74 Å². The molecule has 7 heteroatoms. The zero-order valence-corrected chi connectivity index (χ0v) is 7.70. The van der Waals surface area contributed by atoms with Crippen LogP contribution in [0.3, 0.4) is 0 Å². The Kier molecular flexibility index (Phi) is 3.03. The molecule has 1 aromatic heterocycles. The van der Waals surface area contributed by atoms with E-state index in [1.165, 1.54) is 0 Å². The lowest BCUT2D eigenvalue weighted by atomic mass is 10.2. The quantitative estimate of drug-likeness (QED) is 0.726. The van der Waals surface area contributed by atoms with Gasteiger partial charge in [-0.25, -0.2) is 18.6 Å². The fourth-order valence-electron chi connectivity index (χ4n) is 0.996. The van der Waals surface area contributed by atoms with Gasteiger partial charge in [0.05, 0.1) is 7.11 Å². The van der Waals surface area contributed by atoms with Crippen molar-refractivity contribution in [3.05, 3.63) is 17.3 Å². The third-order valence-electron chi connectivity index (χ3n) is 1.65. The summed E-state index contributed by atoms with van der Waals surface area (Å²) in [6.07, 6.45) is -3.02. The van der Waals surface area contributed by atoms with E-state index >= 15 is 0 Å². The first-order valence-corrected chi connectivity index (χ1v) is 3.83. The van der Waals surface area contributed by atoms with E-state index in [9.17, 15) is 18.7 Å². The van der Waals surface area contributed by atoms with Gasteiger partial charge in [-0.3, -0.25) is 0 Å². The minimum absolute atomic E-state index is 0.288. The Hall–Kier alpha value is -1.92. The van der Waals surface area contributed by atoms with Gasteiger partial charge in [-0.05, 0) is 6.07 Å². The van der Waals surface area contributed by atoms with Crippen LogP contribution in [0, 0.1) is 0 Å². The van der Waals surface area contributed by atoms with Gasteiger partial charge in [0.25, 0.3) is 6.43 Å². The second-order valence-corrected chi connectivity index (χ2v) is 2.62. The number of hydrogen-bond donors (Lipinski definition) is 2. The number of nitrogens with zero attached hydrogens (tertiary/aromatic N) is 1. The van der Waals surface area contributed by atoms with Gasteiger partial charge in [0.1, 0.15) is 11.4 Å². The minimum Gasteiger partial charge on any atom is -0.505 e. The first-order chi connectivity index (χ1) is 6.97. The molecule has 0 aliphatic carbocycles. The summed E-state index contributed by atoms with van der Waals surface area (Å²) < 4.78 is 28.9. The average molecular weight is 218 g/mol. The number of alkyl halides is 2. The Morgan fingerprint density at radius 1 is 1.67 bits per heavy atom. The summed E-state index contributed by atoms with van der Waals surface area (Å²) in [4.78, 5) is 14.3. The van der Waals surface area contributed by atoms with Crippen molar-refractivity contribution in [2.75, 3.05) is 12.8 Å². The van der Waals surface area contributed by atoms with Crippen LogP contribution < -0.4 is 5.73 Å². The smallest absolute Gasteiger partial charge is 0.341 e. The van der Waals surface area contributed by atoms with E-state index < -0.39 is 29.4 Å². The Balaban J connectivity index is 3.34. The summed E-state index contributed by atoms with van der Waals surface area (Å²) in [5.41, 5.74) is 3.83. The van der Waals surface area contributed by atoms with E-state index in [2.05, 4.69) is 9.72 Å². The van der Waals surface area contributed by atoms with Crippen LogP contribution in [0.15, 0.2) is 6.07 Å². The lowest BCUT2D eigenvalue weighted by molar-refractivity contribution is 0.0596. The highest BCUT2D eigenvalue weighted by Gasteiger charge is 2.22. The molecule has 0 aliphatic rings. The van der Waals surface area contributed by atoms with Crippen LogP contribution in [0.25, 0.3) is 0 Å². The molecule has 15 heavy (non-hydrogen) atoms. The van der Waals surface area contributed by atoms with E-state index in [4.69, 9.17) is 5.73 Å². The summed E-state index contributed by atoms with van der Waals surface area (Å²) in [6.45, 7) is 0. The zero-order chi connectivity index (χ0) is 11.6. The van der Waals surface area contributed by atoms with Crippen LogP contribution in [0.4, 0.5) is 14.6 Å². The molecule has 1 heterocycles. The Morgan fingerprint density at radius 2 is 2.27 bits per heavy atom. The normalized spacial score (nSPS) is 10.4. The monoisotopic (exact) mass is 218 g/mol. The highest BCUT2D eigenvalue weighted by molar-refractivity contribution is 5.93. The number of carbonyl (C=O) groups excluding carboxylic acids is 1. The Morgan fingerprint density at radius 3 is 2.73 bits per heavy atom. The number of pyridine rings is 1. The molecule has 0 amide bonds. The largest absolute Gasteiger partial charge is 0.505 e. The second-order valence-electron chi connectivity index (χ2n) is 2.62. The molecule has 82 valence electrons. The molecule has 0 radical (unpaired) electrons. The molecule has 1 rings (SSSR count). The predicted molar refractivity (Wildman–Crippen MR) is 46.6 cm³/mol. The number of esters is 1. The number of aromatic nitrogens is 1. The van der Waals surface area contributed by atoms with Gasteiger partial charge in [0, 0.05) is 0 Å². The lowest BCUT2D eigenvalue weighted by Crippen LogP contribution is -2.07.